The van der Waals surface area contributed by atoms with Crippen LogP contribution in [0.15, 0.2) is 0 Å². The number of hydrogen-bond acceptors (Lipinski definition) is 4. The van der Waals surface area contributed by atoms with Crippen LogP contribution in [0.3, 0.4) is 0 Å². The van der Waals surface area contributed by atoms with Gasteiger partial charge in [0, 0.05) is 25.3 Å². The van der Waals surface area contributed by atoms with Crippen LogP contribution < -0.4 is 5.32 Å². The van der Waals surface area contributed by atoms with Gasteiger partial charge in [-0.3, -0.25) is 4.79 Å². The summed E-state index contributed by atoms with van der Waals surface area (Å²) in [5.74, 6) is 2.76. The van der Waals surface area contributed by atoms with Crippen LogP contribution in [0.25, 0.3) is 0 Å². The number of terminal acetylenes is 1. The van der Waals surface area contributed by atoms with Crippen LogP contribution in [0.1, 0.15) is 12.8 Å². The lowest BCUT2D eigenvalue weighted by molar-refractivity contribution is -0.152. The highest BCUT2D eigenvalue weighted by Gasteiger charge is 2.35. The average molecular weight is 199 g/mol. The molecule has 0 amide bonds. The first kappa shape index (κ1) is 10.4. The van der Waals surface area contributed by atoms with Crippen molar-refractivity contribution < 1.29 is 9.53 Å². The largest absolute Gasteiger partial charge is 0.444 e. The molecule has 0 bridgehead atoms. The molecule has 1 N–H and O–H groups in total. The molecular weight excluding hydrogens is 186 g/mol. The van der Waals surface area contributed by atoms with Crippen molar-refractivity contribution in [2.75, 3.05) is 18.8 Å². The Labute approximate surface area is 83.6 Å². The maximum Gasteiger partial charge on any atom is 0.308 e. The molecule has 13 heavy (non-hydrogen) atoms. The van der Waals surface area contributed by atoms with Crippen molar-refractivity contribution in [3.63, 3.8) is 0 Å². The van der Waals surface area contributed by atoms with Crippen molar-refractivity contribution in [1.82, 2.24) is 5.32 Å². The van der Waals surface area contributed by atoms with E-state index in [4.69, 9.17) is 11.2 Å². The molecule has 1 heterocycles. The topological polar surface area (TPSA) is 38.3 Å². The van der Waals surface area contributed by atoms with Gasteiger partial charge in [-0.1, -0.05) is 5.92 Å². The second-order valence-electron chi connectivity index (χ2n) is 3.01. The molecule has 0 radical (unpaired) electrons. The maximum atomic E-state index is 11.2. The van der Waals surface area contributed by atoms with Gasteiger partial charge in [-0.25, -0.2) is 0 Å². The van der Waals surface area contributed by atoms with Gasteiger partial charge in [0.1, 0.15) is 0 Å². The fourth-order valence-electron chi connectivity index (χ4n) is 1.27. The van der Waals surface area contributed by atoms with Crippen LogP contribution in [0.2, 0.25) is 0 Å². The molecule has 0 aromatic rings. The second kappa shape index (κ2) is 4.54. The van der Waals surface area contributed by atoms with Crippen LogP contribution in [0.5, 0.6) is 0 Å². The minimum absolute atomic E-state index is 0.267. The van der Waals surface area contributed by atoms with E-state index in [2.05, 4.69) is 23.9 Å². The van der Waals surface area contributed by atoms with E-state index in [9.17, 15) is 4.79 Å². The SMILES string of the molecule is C#CC1(OC(=O)CCS)CCNC1. The van der Waals surface area contributed by atoms with Crippen molar-refractivity contribution >= 4 is 18.6 Å². The molecule has 72 valence electrons. The van der Waals surface area contributed by atoms with E-state index >= 15 is 0 Å². The number of carbonyl (C=O) groups is 1. The Bertz CT molecular complexity index is 228. The first-order valence-corrected chi connectivity index (χ1v) is 4.87. The van der Waals surface area contributed by atoms with E-state index in [0.29, 0.717) is 25.1 Å². The van der Waals surface area contributed by atoms with Crippen LogP contribution >= 0.6 is 12.6 Å². The number of ether oxygens (including phenoxy) is 1. The number of carbonyl (C=O) groups excluding carboxylic acids is 1. The lowest BCUT2D eigenvalue weighted by Gasteiger charge is -2.21. The molecule has 0 saturated carbocycles. The second-order valence-corrected chi connectivity index (χ2v) is 3.46. The molecule has 1 saturated heterocycles. The van der Waals surface area contributed by atoms with E-state index in [1.807, 2.05) is 0 Å². The summed E-state index contributed by atoms with van der Waals surface area (Å²) in [5.41, 5.74) is -0.708. The highest BCUT2D eigenvalue weighted by atomic mass is 32.1. The summed E-state index contributed by atoms with van der Waals surface area (Å²) >= 11 is 3.94. The van der Waals surface area contributed by atoms with E-state index in [0.717, 1.165) is 6.54 Å². The quantitative estimate of drug-likeness (QED) is 0.388. The minimum atomic E-state index is -0.708. The van der Waals surface area contributed by atoms with Crippen molar-refractivity contribution in [2.24, 2.45) is 0 Å². The Balaban J connectivity index is 2.49. The molecule has 0 aliphatic carbocycles. The zero-order chi connectivity index (χ0) is 9.73. The van der Waals surface area contributed by atoms with E-state index in [-0.39, 0.29) is 5.97 Å². The number of esters is 1. The summed E-state index contributed by atoms with van der Waals surface area (Å²) in [4.78, 5) is 11.2. The first-order valence-electron chi connectivity index (χ1n) is 4.24. The van der Waals surface area contributed by atoms with Crippen LogP contribution in [-0.4, -0.2) is 30.4 Å². The lowest BCUT2D eigenvalue weighted by Crippen LogP contribution is -2.35. The summed E-state index contributed by atoms with van der Waals surface area (Å²) in [5, 5.41) is 3.07. The monoisotopic (exact) mass is 199 g/mol. The number of nitrogens with one attached hydrogen (secondary N) is 1. The molecule has 1 fully saturated rings. The van der Waals surface area contributed by atoms with Gasteiger partial charge in [-0.15, -0.1) is 6.42 Å². The van der Waals surface area contributed by atoms with Crippen molar-refractivity contribution in [1.29, 1.82) is 0 Å². The Hall–Kier alpha value is -0.660. The van der Waals surface area contributed by atoms with Gasteiger partial charge in [-0.05, 0) is 0 Å². The first-order chi connectivity index (χ1) is 6.22. The zero-order valence-electron chi connectivity index (χ0n) is 7.38. The lowest BCUT2D eigenvalue weighted by atomic mass is 10.1. The fourth-order valence-corrected chi connectivity index (χ4v) is 1.45. The third-order valence-electron chi connectivity index (χ3n) is 2.00. The molecule has 0 aromatic heterocycles. The molecule has 0 spiro atoms. The highest BCUT2D eigenvalue weighted by molar-refractivity contribution is 7.80. The Morgan fingerprint density at radius 3 is 3.00 bits per heavy atom. The third kappa shape index (κ3) is 2.64. The smallest absolute Gasteiger partial charge is 0.308 e. The van der Waals surface area contributed by atoms with Crippen LogP contribution in [0, 0.1) is 12.3 Å². The van der Waals surface area contributed by atoms with Crippen molar-refractivity contribution in [3.8, 4) is 12.3 Å². The summed E-state index contributed by atoms with van der Waals surface area (Å²) in [6.07, 6.45) is 6.34. The van der Waals surface area contributed by atoms with Gasteiger partial charge >= 0.3 is 5.97 Å². The summed E-state index contributed by atoms with van der Waals surface area (Å²) in [7, 11) is 0. The number of thiol groups is 1. The molecule has 1 unspecified atom stereocenters. The molecule has 4 heteroatoms. The molecule has 1 rings (SSSR count). The third-order valence-corrected chi connectivity index (χ3v) is 2.23. The van der Waals surface area contributed by atoms with Crippen molar-refractivity contribution in [2.45, 2.75) is 18.4 Å². The zero-order valence-corrected chi connectivity index (χ0v) is 8.27. The van der Waals surface area contributed by atoms with E-state index < -0.39 is 5.60 Å². The van der Waals surface area contributed by atoms with Gasteiger partial charge in [0.25, 0.3) is 0 Å². The molecule has 1 aliphatic rings. The van der Waals surface area contributed by atoms with Gasteiger partial charge < -0.3 is 10.1 Å². The Kier molecular flexibility index (Phi) is 3.64. The molecule has 1 atom stereocenters. The van der Waals surface area contributed by atoms with Gasteiger partial charge in [-0.2, -0.15) is 12.6 Å². The van der Waals surface area contributed by atoms with Gasteiger partial charge in [0.15, 0.2) is 5.60 Å². The summed E-state index contributed by atoms with van der Waals surface area (Å²) in [6, 6.07) is 0. The van der Waals surface area contributed by atoms with Gasteiger partial charge in [0.2, 0.25) is 0 Å². The van der Waals surface area contributed by atoms with Crippen LogP contribution in [0.4, 0.5) is 0 Å². The summed E-state index contributed by atoms with van der Waals surface area (Å²) < 4.78 is 5.20. The Morgan fingerprint density at radius 1 is 1.77 bits per heavy atom. The normalized spacial score (nSPS) is 26.8. The molecule has 0 aromatic carbocycles. The van der Waals surface area contributed by atoms with Gasteiger partial charge in [0.05, 0.1) is 6.42 Å². The van der Waals surface area contributed by atoms with E-state index in [1.165, 1.54) is 0 Å². The predicted octanol–water partition coefficient (Wildman–Crippen LogP) is 0.215. The fraction of sp³-hybridized carbons (Fsp3) is 0.667. The predicted molar refractivity (Wildman–Crippen MR) is 53.6 cm³/mol. The highest BCUT2D eigenvalue weighted by Crippen LogP contribution is 2.19. The average Bonchev–Trinajstić information content (AvgIpc) is 2.54. The summed E-state index contributed by atoms with van der Waals surface area (Å²) in [6.45, 7) is 1.36. The number of hydrogen-bond donors (Lipinski definition) is 2. The molecule has 1 aliphatic heterocycles. The number of rotatable bonds is 3. The molecule has 3 nitrogen and oxygen atoms in total. The Morgan fingerprint density at radius 2 is 2.54 bits per heavy atom. The molecular formula is C9H13NO2S. The standard InChI is InChI=1S/C9H13NO2S/c1-2-9(4-5-10-7-9)12-8(11)3-6-13/h1,10,13H,3-7H2. The van der Waals surface area contributed by atoms with E-state index in [1.54, 1.807) is 0 Å². The minimum Gasteiger partial charge on any atom is -0.444 e. The van der Waals surface area contributed by atoms with Crippen molar-refractivity contribution in [3.05, 3.63) is 0 Å². The maximum absolute atomic E-state index is 11.2. The van der Waals surface area contributed by atoms with Crippen LogP contribution in [-0.2, 0) is 9.53 Å².